The fourth-order valence-electron chi connectivity index (χ4n) is 2.93. The summed E-state index contributed by atoms with van der Waals surface area (Å²) in [6, 6.07) is 5.73. The molecule has 5 nitrogen and oxygen atoms in total. The molecule has 5 heteroatoms. The van der Waals surface area contributed by atoms with Crippen LogP contribution in [0.3, 0.4) is 0 Å². The second kappa shape index (κ2) is 6.35. The molecule has 116 valence electrons. The number of hydrogen-bond acceptors (Lipinski definition) is 4. The van der Waals surface area contributed by atoms with Gasteiger partial charge in [0.1, 0.15) is 11.5 Å². The molecule has 1 unspecified atom stereocenters. The molecule has 1 aromatic rings. The normalized spacial score (nSPS) is 22.2. The number of ether oxygens (including phenoxy) is 2. The Morgan fingerprint density at radius 1 is 1.38 bits per heavy atom. The highest BCUT2D eigenvalue weighted by Gasteiger charge is 2.43. The van der Waals surface area contributed by atoms with Gasteiger partial charge in [-0.15, -0.1) is 0 Å². The molecule has 21 heavy (non-hydrogen) atoms. The number of benzene rings is 1. The highest BCUT2D eigenvalue weighted by molar-refractivity contribution is 5.75. The fourth-order valence-corrected chi connectivity index (χ4v) is 2.93. The summed E-state index contributed by atoms with van der Waals surface area (Å²) < 4.78 is 10.6. The molecule has 1 aromatic carbocycles. The lowest BCUT2D eigenvalue weighted by molar-refractivity contribution is -0.148. The van der Waals surface area contributed by atoms with Gasteiger partial charge in [0, 0.05) is 24.7 Å². The van der Waals surface area contributed by atoms with Crippen molar-refractivity contribution in [3.05, 3.63) is 23.8 Å². The van der Waals surface area contributed by atoms with Crippen molar-refractivity contribution in [2.24, 2.45) is 5.41 Å². The third-order valence-electron chi connectivity index (χ3n) is 4.45. The fraction of sp³-hybridized carbons (Fsp3) is 0.562. The van der Waals surface area contributed by atoms with Gasteiger partial charge in [-0.25, -0.2) is 0 Å². The van der Waals surface area contributed by atoms with Crippen molar-refractivity contribution in [1.29, 1.82) is 0 Å². The Morgan fingerprint density at radius 2 is 2.14 bits per heavy atom. The summed E-state index contributed by atoms with van der Waals surface area (Å²) in [5.74, 6) is 0.846. The van der Waals surface area contributed by atoms with Crippen LogP contribution in [0.4, 0.5) is 0 Å². The lowest BCUT2D eigenvalue weighted by atomic mass is 9.84. The van der Waals surface area contributed by atoms with Crippen LogP contribution in [0.1, 0.15) is 25.3 Å². The molecule has 1 aliphatic heterocycles. The van der Waals surface area contributed by atoms with Gasteiger partial charge in [0.2, 0.25) is 0 Å². The number of likely N-dealkylation sites (tertiary alicyclic amines) is 1. The highest BCUT2D eigenvalue weighted by Crippen LogP contribution is 2.36. The number of rotatable bonds is 6. The minimum absolute atomic E-state index is 0.591. The summed E-state index contributed by atoms with van der Waals surface area (Å²) in [5.41, 5.74) is 0.454. The molecule has 0 spiro atoms. The first-order valence-corrected chi connectivity index (χ1v) is 7.21. The van der Waals surface area contributed by atoms with Crippen molar-refractivity contribution in [1.82, 2.24) is 4.90 Å². The van der Waals surface area contributed by atoms with E-state index in [0.29, 0.717) is 25.9 Å². The van der Waals surface area contributed by atoms with Gasteiger partial charge >= 0.3 is 5.97 Å². The molecule has 1 aliphatic rings. The van der Waals surface area contributed by atoms with Gasteiger partial charge in [0.25, 0.3) is 0 Å². The Kier molecular flexibility index (Phi) is 4.73. The zero-order valence-corrected chi connectivity index (χ0v) is 12.9. The molecule has 1 fully saturated rings. The summed E-state index contributed by atoms with van der Waals surface area (Å²) in [6.07, 6.45) is 1.37. The summed E-state index contributed by atoms with van der Waals surface area (Å²) in [5, 5.41) is 9.45. The number of nitrogens with zero attached hydrogens (tertiary/aromatic N) is 1. The average molecular weight is 293 g/mol. The Labute approximate surface area is 125 Å². The maximum Gasteiger partial charge on any atom is 0.310 e. The third kappa shape index (κ3) is 3.13. The van der Waals surface area contributed by atoms with E-state index in [0.717, 1.165) is 23.6 Å². The molecule has 0 bridgehead atoms. The predicted octanol–water partition coefficient (Wildman–Crippen LogP) is 2.39. The summed E-state index contributed by atoms with van der Waals surface area (Å²) >= 11 is 0. The zero-order valence-electron chi connectivity index (χ0n) is 12.9. The first kappa shape index (κ1) is 15.6. The molecule has 0 amide bonds. The Hall–Kier alpha value is -1.75. The lowest BCUT2D eigenvalue weighted by Crippen LogP contribution is -2.33. The first-order chi connectivity index (χ1) is 10.0. The van der Waals surface area contributed by atoms with E-state index in [-0.39, 0.29) is 0 Å². The maximum absolute atomic E-state index is 11.5. The molecule has 1 atom stereocenters. The van der Waals surface area contributed by atoms with Crippen molar-refractivity contribution in [2.75, 3.05) is 27.3 Å². The Balaban J connectivity index is 2.11. The second-order valence-electron chi connectivity index (χ2n) is 5.58. The van der Waals surface area contributed by atoms with Gasteiger partial charge in [-0.1, -0.05) is 13.0 Å². The molecule has 0 aliphatic carbocycles. The van der Waals surface area contributed by atoms with E-state index in [4.69, 9.17) is 9.47 Å². The predicted molar refractivity (Wildman–Crippen MR) is 79.8 cm³/mol. The summed E-state index contributed by atoms with van der Waals surface area (Å²) in [6.45, 7) is 4.04. The number of hydrogen-bond donors (Lipinski definition) is 1. The molecule has 1 heterocycles. The van der Waals surface area contributed by atoms with Crippen molar-refractivity contribution < 1.29 is 19.4 Å². The monoisotopic (exact) mass is 293 g/mol. The van der Waals surface area contributed by atoms with E-state index in [1.807, 2.05) is 25.1 Å². The van der Waals surface area contributed by atoms with Crippen LogP contribution in [0.15, 0.2) is 18.2 Å². The Morgan fingerprint density at radius 3 is 2.67 bits per heavy atom. The third-order valence-corrected chi connectivity index (χ3v) is 4.45. The van der Waals surface area contributed by atoms with E-state index in [1.165, 1.54) is 0 Å². The molecule has 0 saturated carbocycles. The van der Waals surface area contributed by atoms with E-state index in [9.17, 15) is 9.90 Å². The van der Waals surface area contributed by atoms with Gasteiger partial charge in [-0.3, -0.25) is 9.69 Å². The quantitative estimate of drug-likeness (QED) is 0.872. The lowest BCUT2D eigenvalue weighted by Gasteiger charge is -2.23. The topological polar surface area (TPSA) is 59.0 Å². The van der Waals surface area contributed by atoms with E-state index < -0.39 is 11.4 Å². The minimum atomic E-state index is -0.686. The Bertz CT molecular complexity index is 517. The van der Waals surface area contributed by atoms with Crippen LogP contribution in [0.2, 0.25) is 0 Å². The highest BCUT2D eigenvalue weighted by atomic mass is 16.5. The van der Waals surface area contributed by atoms with Crippen LogP contribution in [-0.2, 0) is 11.3 Å². The van der Waals surface area contributed by atoms with Crippen molar-refractivity contribution in [3.63, 3.8) is 0 Å². The largest absolute Gasteiger partial charge is 0.497 e. The first-order valence-electron chi connectivity index (χ1n) is 7.21. The number of aliphatic carboxylic acids is 1. The van der Waals surface area contributed by atoms with Gasteiger partial charge in [-0.2, -0.15) is 0 Å². The molecule has 0 radical (unpaired) electrons. The van der Waals surface area contributed by atoms with Gasteiger partial charge < -0.3 is 14.6 Å². The number of carboxylic acids is 1. The second-order valence-corrected chi connectivity index (χ2v) is 5.58. The van der Waals surface area contributed by atoms with Crippen LogP contribution in [-0.4, -0.2) is 43.3 Å². The maximum atomic E-state index is 11.5. The summed E-state index contributed by atoms with van der Waals surface area (Å²) in [4.78, 5) is 13.7. The summed E-state index contributed by atoms with van der Waals surface area (Å²) in [7, 11) is 3.26. The van der Waals surface area contributed by atoms with E-state index >= 15 is 0 Å². The zero-order chi connectivity index (χ0) is 15.5. The van der Waals surface area contributed by atoms with Gasteiger partial charge in [0.15, 0.2) is 0 Å². The SMILES string of the molecule is CCC1(C(=O)O)CCN(Cc2ccc(OC)cc2OC)C1. The van der Waals surface area contributed by atoms with Crippen molar-refractivity contribution in [2.45, 2.75) is 26.3 Å². The molecular weight excluding hydrogens is 270 g/mol. The molecule has 1 saturated heterocycles. The molecule has 1 N–H and O–H groups in total. The standard InChI is InChI=1S/C16H23NO4/c1-4-16(15(18)19)7-8-17(11-16)10-12-5-6-13(20-2)9-14(12)21-3/h5-6,9H,4,7-8,10-11H2,1-3H3,(H,18,19). The smallest absolute Gasteiger partial charge is 0.310 e. The number of carboxylic acid groups (broad SMARTS) is 1. The van der Waals surface area contributed by atoms with E-state index in [1.54, 1.807) is 14.2 Å². The average Bonchev–Trinajstić information content (AvgIpc) is 2.92. The molecular formula is C16H23NO4. The minimum Gasteiger partial charge on any atom is -0.497 e. The van der Waals surface area contributed by atoms with Crippen molar-refractivity contribution >= 4 is 5.97 Å². The van der Waals surface area contributed by atoms with Crippen LogP contribution in [0.25, 0.3) is 0 Å². The molecule has 2 rings (SSSR count). The van der Waals surface area contributed by atoms with Crippen molar-refractivity contribution in [3.8, 4) is 11.5 Å². The van der Waals surface area contributed by atoms with Gasteiger partial charge in [0.05, 0.1) is 19.6 Å². The van der Waals surface area contributed by atoms with Crippen LogP contribution in [0.5, 0.6) is 11.5 Å². The van der Waals surface area contributed by atoms with Gasteiger partial charge in [-0.05, 0) is 25.5 Å². The van der Waals surface area contributed by atoms with Crippen LogP contribution in [0, 0.1) is 5.41 Å². The van der Waals surface area contributed by atoms with Crippen LogP contribution >= 0.6 is 0 Å². The van der Waals surface area contributed by atoms with E-state index in [2.05, 4.69) is 4.90 Å². The number of methoxy groups -OCH3 is 2. The molecule has 0 aromatic heterocycles. The van der Waals surface area contributed by atoms with Crippen LogP contribution < -0.4 is 9.47 Å². The number of carbonyl (C=O) groups is 1.